The van der Waals surface area contributed by atoms with Gasteiger partial charge in [0.05, 0.1) is 29.7 Å². The Labute approximate surface area is 218 Å². The molecule has 8 heteroatoms. The topological polar surface area (TPSA) is 96.7 Å². The Bertz CT molecular complexity index is 936. The molecule has 0 aliphatic carbocycles. The number of hydrogen-bond acceptors (Lipinski definition) is 8. The first-order valence-corrected chi connectivity index (χ1v) is 14.4. The van der Waals surface area contributed by atoms with Gasteiger partial charge >= 0.3 is 5.97 Å². The maximum atomic E-state index is 13.2. The molecule has 196 valence electrons. The van der Waals surface area contributed by atoms with Crippen molar-refractivity contribution in [1.29, 1.82) is 0 Å². The van der Waals surface area contributed by atoms with E-state index >= 15 is 0 Å². The largest absolute Gasteiger partial charge is 0.457 e. The van der Waals surface area contributed by atoms with E-state index in [0.29, 0.717) is 6.42 Å². The number of thioether (sulfide) groups is 1. The zero-order valence-corrected chi connectivity index (χ0v) is 23.7. The minimum Gasteiger partial charge on any atom is -0.457 e. The van der Waals surface area contributed by atoms with E-state index < -0.39 is 35.6 Å². The number of hydrogen-bond donors (Lipinski definition) is 2. The van der Waals surface area contributed by atoms with Gasteiger partial charge in [0.25, 0.3) is 0 Å². The summed E-state index contributed by atoms with van der Waals surface area (Å²) in [6.07, 6.45) is 6.35. The van der Waals surface area contributed by atoms with Gasteiger partial charge in [-0.25, -0.2) is 4.98 Å². The standard InChI is InChI=1S/C27H41NO5S2/c1-16-10-8-9-11-17(2)24(31)19(4)25(32)27(5,6)22(29)14-23(30)33-21(12-16)18(3)13-20-15-35-26(28-20)34-7/h10,13,15,17,19,21-22,24,29,31H,8-9,11-12,14H2,1-7H3/b16-10+,18-13+/t17-,19+,21-,22-,24-/m0/s1. The number of allylic oxidation sites excluding steroid dienone is 1. The van der Waals surface area contributed by atoms with Crippen LogP contribution in [0.2, 0.25) is 0 Å². The highest BCUT2D eigenvalue weighted by atomic mass is 32.2. The number of thiazole rings is 1. The Hall–Kier alpha value is -1.48. The first-order chi connectivity index (χ1) is 16.4. The van der Waals surface area contributed by atoms with Gasteiger partial charge in [-0.1, -0.05) is 51.1 Å². The summed E-state index contributed by atoms with van der Waals surface area (Å²) in [4.78, 5) is 30.6. The molecule has 2 heterocycles. The quantitative estimate of drug-likeness (QED) is 0.299. The summed E-state index contributed by atoms with van der Waals surface area (Å²) in [5.41, 5.74) is 1.62. The predicted octanol–water partition coefficient (Wildman–Crippen LogP) is 5.68. The van der Waals surface area contributed by atoms with E-state index in [2.05, 4.69) is 11.1 Å². The number of aliphatic hydroxyl groups excluding tert-OH is 2. The van der Waals surface area contributed by atoms with E-state index in [0.717, 1.165) is 40.4 Å². The maximum Gasteiger partial charge on any atom is 0.309 e. The third-order valence-electron chi connectivity index (χ3n) is 7.03. The van der Waals surface area contributed by atoms with Crippen LogP contribution < -0.4 is 0 Å². The van der Waals surface area contributed by atoms with Gasteiger partial charge in [-0.3, -0.25) is 9.59 Å². The van der Waals surface area contributed by atoms with Crippen molar-refractivity contribution < 1.29 is 24.5 Å². The Morgan fingerprint density at radius 2 is 1.94 bits per heavy atom. The van der Waals surface area contributed by atoms with Gasteiger partial charge in [0.2, 0.25) is 0 Å². The molecule has 6 nitrogen and oxygen atoms in total. The molecule has 2 rings (SSSR count). The number of ketones is 1. The molecule has 35 heavy (non-hydrogen) atoms. The molecule has 2 N–H and O–H groups in total. The number of aliphatic hydroxyl groups is 2. The summed E-state index contributed by atoms with van der Waals surface area (Å²) in [7, 11) is 0. The smallest absolute Gasteiger partial charge is 0.309 e. The Morgan fingerprint density at radius 3 is 2.57 bits per heavy atom. The average molecular weight is 524 g/mol. The lowest BCUT2D eigenvalue weighted by molar-refractivity contribution is -0.154. The highest BCUT2D eigenvalue weighted by Crippen LogP contribution is 2.32. The molecule has 5 atom stereocenters. The van der Waals surface area contributed by atoms with Crippen molar-refractivity contribution in [3.63, 3.8) is 0 Å². The second-order valence-corrected chi connectivity index (χ2v) is 12.3. The van der Waals surface area contributed by atoms with E-state index in [1.54, 1.807) is 43.9 Å². The number of aromatic nitrogens is 1. The number of rotatable bonds is 3. The Morgan fingerprint density at radius 1 is 1.26 bits per heavy atom. The number of nitrogens with zero attached hydrogens (tertiary/aromatic N) is 1. The summed E-state index contributed by atoms with van der Waals surface area (Å²) in [6.45, 7) is 10.9. The summed E-state index contributed by atoms with van der Waals surface area (Å²) < 4.78 is 6.83. The Balaban J connectivity index is 2.33. The fraction of sp³-hybridized carbons (Fsp3) is 0.667. The average Bonchev–Trinajstić information content (AvgIpc) is 3.26. The molecule has 0 saturated heterocycles. The van der Waals surface area contributed by atoms with Crippen LogP contribution >= 0.6 is 23.1 Å². The second-order valence-electron chi connectivity index (χ2n) is 10.4. The molecule has 1 aromatic heterocycles. The molecule has 0 amide bonds. The molecule has 1 aliphatic rings. The maximum absolute atomic E-state index is 13.2. The van der Waals surface area contributed by atoms with Gasteiger partial charge < -0.3 is 14.9 Å². The molecule has 0 bridgehead atoms. The van der Waals surface area contributed by atoms with E-state index in [1.807, 2.05) is 38.5 Å². The lowest BCUT2D eigenvalue weighted by atomic mass is 9.73. The Kier molecular flexibility index (Phi) is 11.2. The van der Waals surface area contributed by atoms with Crippen molar-refractivity contribution in [2.45, 2.75) is 96.3 Å². The molecule has 0 aromatic carbocycles. The van der Waals surface area contributed by atoms with Gasteiger partial charge in [-0.15, -0.1) is 11.3 Å². The number of carbonyl (C=O) groups excluding carboxylic acids is 2. The number of Topliss-reactive ketones (excluding diaryl/α,β-unsaturated/α-hetero) is 1. The summed E-state index contributed by atoms with van der Waals surface area (Å²) in [6, 6.07) is 0. The van der Waals surface area contributed by atoms with Crippen molar-refractivity contribution in [3.8, 4) is 0 Å². The van der Waals surface area contributed by atoms with E-state index in [9.17, 15) is 19.8 Å². The van der Waals surface area contributed by atoms with Crippen LogP contribution in [0.3, 0.4) is 0 Å². The van der Waals surface area contributed by atoms with E-state index in [4.69, 9.17) is 4.74 Å². The summed E-state index contributed by atoms with van der Waals surface area (Å²) in [5.74, 6) is -1.49. The summed E-state index contributed by atoms with van der Waals surface area (Å²) >= 11 is 3.16. The minimum atomic E-state index is -1.22. The van der Waals surface area contributed by atoms with Crippen LogP contribution in [0.1, 0.15) is 79.3 Å². The van der Waals surface area contributed by atoms with Gasteiger partial charge in [0.15, 0.2) is 0 Å². The third kappa shape index (κ3) is 8.27. The lowest BCUT2D eigenvalue weighted by Gasteiger charge is -2.34. The van der Waals surface area contributed by atoms with Crippen LogP contribution in [0.15, 0.2) is 26.9 Å². The molecule has 0 spiro atoms. The second kappa shape index (κ2) is 13.2. The van der Waals surface area contributed by atoms with E-state index in [-0.39, 0.29) is 18.1 Å². The summed E-state index contributed by atoms with van der Waals surface area (Å²) in [5, 5.41) is 23.6. The van der Waals surface area contributed by atoms with Crippen LogP contribution in [0, 0.1) is 17.3 Å². The molecule has 0 unspecified atom stereocenters. The van der Waals surface area contributed by atoms with Gasteiger partial charge in [0.1, 0.15) is 16.2 Å². The number of cyclic esters (lactones) is 1. The van der Waals surface area contributed by atoms with Gasteiger partial charge in [-0.2, -0.15) is 0 Å². The van der Waals surface area contributed by atoms with Crippen molar-refractivity contribution in [2.24, 2.45) is 17.3 Å². The van der Waals surface area contributed by atoms with Crippen LogP contribution in [-0.4, -0.2) is 51.5 Å². The fourth-order valence-electron chi connectivity index (χ4n) is 4.40. The van der Waals surface area contributed by atoms with Crippen LogP contribution in [-0.2, 0) is 14.3 Å². The minimum absolute atomic E-state index is 0.0457. The molecule has 0 saturated carbocycles. The zero-order valence-electron chi connectivity index (χ0n) is 22.0. The van der Waals surface area contributed by atoms with Crippen molar-refractivity contribution in [2.75, 3.05) is 6.26 Å². The first-order valence-electron chi connectivity index (χ1n) is 12.3. The molecular weight excluding hydrogens is 482 g/mol. The van der Waals surface area contributed by atoms with Crippen LogP contribution in [0.5, 0.6) is 0 Å². The lowest BCUT2D eigenvalue weighted by Crippen LogP contribution is -2.45. The number of ether oxygens (including phenoxy) is 1. The predicted molar refractivity (Wildman–Crippen MR) is 143 cm³/mol. The number of carbonyl (C=O) groups is 2. The molecule has 1 aliphatic heterocycles. The van der Waals surface area contributed by atoms with E-state index in [1.165, 1.54) is 0 Å². The van der Waals surface area contributed by atoms with Crippen molar-refractivity contribution in [3.05, 3.63) is 28.3 Å². The van der Waals surface area contributed by atoms with Gasteiger partial charge in [-0.05, 0) is 56.9 Å². The molecular formula is C27H41NO5S2. The highest BCUT2D eigenvalue weighted by molar-refractivity contribution is 8.00. The fourth-order valence-corrected chi connectivity index (χ4v) is 5.63. The van der Waals surface area contributed by atoms with Crippen LogP contribution in [0.25, 0.3) is 6.08 Å². The molecule has 1 aromatic rings. The van der Waals surface area contributed by atoms with Gasteiger partial charge in [0, 0.05) is 17.7 Å². The first kappa shape index (κ1) is 29.7. The van der Waals surface area contributed by atoms with Crippen LogP contribution in [0.4, 0.5) is 0 Å². The normalized spacial score (nSPS) is 31.5. The number of esters is 1. The highest BCUT2D eigenvalue weighted by Gasteiger charge is 2.42. The zero-order chi connectivity index (χ0) is 26.3. The molecule has 0 radical (unpaired) electrons. The molecule has 0 fully saturated rings. The van der Waals surface area contributed by atoms with Crippen molar-refractivity contribution >= 4 is 40.9 Å². The van der Waals surface area contributed by atoms with Crippen molar-refractivity contribution in [1.82, 2.24) is 4.98 Å². The monoisotopic (exact) mass is 523 g/mol. The third-order valence-corrected chi connectivity index (χ3v) is 8.91. The SMILES string of the molecule is CSc1nc(/C=C(\C)[C@@H]2C/C(C)=C/CCC[C@H](C)[C@H](O)[C@@H](C)C(=O)C(C)(C)[C@@H](O)CC(=O)O2)cs1.